The first-order valence-corrected chi connectivity index (χ1v) is 7.01. The van der Waals surface area contributed by atoms with Gasteiger partial charge in [0.15, 0.2) is 0 Å². The second-order valence-corrected chi connectivity index (χ2v) is 5.38. The van der Waals surface area contributed by atoms with Gasteiger partial charge in [-0.3, -0.25) is 4.68 Å². The van der Waals surface area contributed by atoms with Crippen molar-refractivity contribution in [2.45, 2.75) is 18.9 Å². The maximum Gasteiger partial charge on any atom is 0.204 e. The molecule has 1 saturated heterocycles. The van der Waals surface area contributed by atoms with Gasteiger partial charge in [0.2, 0.25) is 5.95 Å². The molecule has 0 spiro atoms. The molecule has 5 heteroatoms. The van der Waals surface area contributed by atoms with Gasteiger partial charge < -0.3 is 9.88 Å². The number of para-hydroxylation sites is 2. The summed E-state index contributed by atoms with van der Waals surface area (Å²) in [5, 5.41) is 4.29. The van der Waals surface area contributed by atoms with Gasteiger partial charge in [-0.05, 0) is 25.0 Å². The van der Waals surface area contributed by atoms with Gasteiger partial charge in [0, 0.05) is 25.4 Å². The fourth-order valence-electron chi connectivity index (χ4n) is 3.05. The Morgan fingerprint density at radius 3 is 3.00 bits per heavy atom. The molecule has 0 saturated carbocycles. The zero-order chi connectivity index (χ0) is 13.5. The zero-order valence-electron chi connectivity index (χ0n) is 11.5. The summed E-state index contributed by atoms with van der Waals surface area (Å²) in [5.41, 5.74) is 3.39. The number of aryl methyl sites for hydroxylation is 1. The first-order chi connectivity index (χ1) is 9.81. The lowest BCUT2D eigenvalue weighted by Crippen LogP contribution is -2.23. The molecule has 1 unspecified atom stereocenters. The van der Waals surface area contributed by atoms with Gasteiger partial charge >= 0.3 is 0 Å². The van der Waals surface area contributed by atoms with E-state index in [1.54, 1.807) is 0 Å². The average molecular weight is 267 g/mol. The molecule has 3 heterocycles. The molecule has 2 aromatic heterocycles. The number of nitrogens with one attached hydrogen (secondary N) is 1. The number of anilines is 1. The lowest BCUT2D eigenvalue weighted by atomic mass is 10.1. The van der Waals surface area contributed by atoms with Gasteiger partial charge in [0.25, 0.3) is 0 Å². The van der Waals surface area contributed by atoms with Crippen LogP contribution >= 0.6 is 0 Å². The van der Waals surface area contributed by atoms with Crippen molar-refractivity contribution in [2.75, 3.05) is 11.4 Å². The minimum Gasteiger partial charge on any atom is -0.335 e. The van der Waals surface area contributed by atoms with Crippen LogP contribution in [0.1, 0.15) is 24.4 Å². The number of aromatic amines is 1. The van der Waals surface area contributed by atoms with Crippen LogP contribution in [0.5, 0.6) is 0 Å². The van der Waals surface area contributed by atoms with Crippen LogP contribution in [0.25, 0.3) is 11.0 Å². The summed E-state index contributed by atoms with van der Waals surface area (Å²) in [7, 11) is 1.96. The highest BCUT2D eigenvalue weighted by Gasteiger charge is 2.29. The Kier molecular flexibility index (Phi) is 2.52. The molecular weight excluding hydrogens is 250 g/mol. The van der Waals surface area contributed by atoms with E-state index in [2.05, 4.69) is 27.2 Å². The quantitative estimate of drug-likeness (QED) is 0.776. The van der Waals surface area contributed by atoms with Crippen LogP contribution in [-0.2, 0) is 7.05 Å². The Labute approximate surface area is 117 Å². The molecule has 0 aliphatic carbocycles. The molecule has 1 N–H and O–H groups in total. The number of fused-ring (bicyclic) bond motifs is 1. The number of hydrogen-bond acceptors (Lipinski definition) is 3. The van der Waals surface area contributed by atoms with Gasteiger partial charge in [-0.2, -0.15) is 5.10 Å². The van der Waals surface area contributed by atoms with Crippen LogP contribution in [0.4, 0.5) is 5.95 Å². The predicted octanol–water partition coefficient (Wildman–Crippen LogP) is 2.64. The fourth-order valence-corrected chi connectivity index (χ4v) is 3.05. The molecule has 102 valence electrons. The molecule has 20 heavy (non-hydrogen) atoms. The maximum atomic E-state index is 4.72. The van der Waals surface area contributed by atoms with Crippen LogP contribution in [-0.4, -0.2) is 26.3 Å². The number of H-pyrrole nitrogens is 1. The smallest absolute Gasteiger partial charge is 0.204 e. The van der Waals surface area contributed by atoms with Crippen LogP contribution in [0, 0.1) is 0 Å². The number of benzene rings is 1. The summed E-state index contributed by atoms with van der Waals surface area (Å²) < 4.78 is 1.87. The molecule has 1 atom stereocenters. The van der Waals surface area contributed by atoms with Crippen molar-refractivity contribution < 1.29 is 0 Å². The molecule has 1 aliphatic heterocycles. The number of aromatic nitrogens is 4. The summed E-state index contributed by atoms with van der Waals surface area (Å²) in [4.78, 5) is 10.5. The third-order valence-electron chi connectivity index (χ3n) is 4.01. The van der Waals surface area contributed by atoms with Crippen LogP contribution in [0.3, 0.4) is 0 Å². The van der Waals surface area contributed by atoms with E-state index in [9.17, 15) is 0 Å². The van der Waals surface area contributed by atoms with E-state index in [1.165, 1.54) is 12.0 Å². The van der Waals surface area contributed by atoms with E-state index in [4.69, 9.17) is 4.98 Å². The number of hydrogen-bond donors (Lipinski definition) is 1. The number of rotatable bonds is 2. The molecule has 3 aromatic rings. The molecular formula is C15H17N5. The van der Waals surface area contributed by atoms with Crippen molar-refractivity contribution in [3.05, 3.63) is 42.2 Å². The van der Waals surface area contributed by atoms with Crippen molar-refractivity contribution >= 4 is 17.0 Å². The van der Waals surface area contributed by atoms with Crippen molar-refractivity contribution in [3.8, 4) is 0 Å². The summed E-state index contributed by atoms with van der Waals surface area (Å²) in [6.07, 6.45) is 6.41. The van der Waals surface area contributed by atoms with E-state index in [1.807, 2.05) is 36.1 Å². The SMILES string of the molecule is Cn1cc(C2CCCN2c2nc3ccccc3[nH]2)cn1. The Morgan fingerprint density at radius 1 is 1.30 bits per heavy atom. The van der Waals surface area contributed by atoms with Gasteiger partial charge in [-0.1, -0.05) is 12.1 Å². The molecule has 0 radical (unpaired) electrons. The highest BCUT2D eigenvalue weighted by atomic mass is 15.3. The molecule has 1 aliphatic rings. The zero-order valence-corrected chi connectivity index (χ0v) is 11.5. The largest absolute Gasteiger partial charge is 0.335 e. The summed E-state index contributed by atoms with van der Waals surface area (Å²) in [6, 6.07) is 8.55. The highest BCUT2D eigenvalue weighted by molar-refractivity contribution is 5.77. The van der Waals surface area contributed by atoms with Gasteiger partial charge in [-0.15, -0.1) is 0 Å². The first kappa shape index (κ1) is 11.5. The van der Waals surface area contributed by atoms with Crippen LogP contribution < -0.4 is 4.90 Å². The van der Waals surface area contributed by atoms with Crippen LogP contribution in [0.15, 0.2) is 36.7 Å². The summed E-state index contributed by atoms with van der Waals surface area (Å²) >= 11 is 0. The van der Waals surface area contributed by atoms with Crippen molar-refractivity contribution in [2.24, 2.45) is 7.05 Å². The highest BCUT2D eigenvalue weighted by Crippen LogP contribution is 2.35. The van der Waals surface area contributed by atoms with Crippen molar-refractivity contribution in [1.29, 1.82) is 0 Å². The third-order valence-corrected chi connectivity index (χ3v) is 4.01. The van der Waals surface area contributed by atoms with Crippen molar-refractivity contribution in [3.63, 3.8) is 0 Å². The van der Waals surface area contributed by atoms with Gasteiger partial charge in [0.1, 0.15) is 0 Å². The van der Waals surface area contributed by atoms with E-state index in [0.29, 0.717) is 6.04 Å². The molecule has 1 aromatic carbocycles. The monoisotopic (exact) mass is 267 g/mol. The lowest BCUT2D eigenvalue weighted by molar-refractivity contribution is 0.703. The minimum absolute atomic E-state index is 0.379. The Bertz CT molecular complexity index is 708. The molecule has 0 bridgehead atoms. The Morgan fingerprint density at radius 2 is 2.20 bits per heavy atom. The normalized spacial score (nSPS) is 19.1. The molecule has 5 nitrogen and oxygen atoms in total. The Hall–Kier alpha value is -2.30. The second kappa shape index (κ2) is 4.37. The first-order valence-electron chi connectivity index (χ1n) is 7.01. The summed E-state index contributed by atoms with van der Waals surface area (Å²) in [5.74, 6) is 0.970. The van der Waals surface area contributed by atoms with Crippen LogP contribution in [0.2, 0.25) is 0 Å². The van der Waals surface area contributed by atoms with Gasteiger partial charge in [-0.25, -0.2) is 4.98 Å². The predicted molar refractivity (Wildman–Crippen MR) is 78.6 cm³/mol. The maximum absolute atomic E-state index is 4.72. The number of nitrogens with zero attached hydrogens (tertiary/aromatic N) is 4. The fraction of sp³-hybridized carbons (Fsp3) is 0.333. The summed E-state index contributed by atoms with van der Waals surface area (Å²) in [6.45, 7) is 1.04. The van der Waals surface area contributed by atoms with E-state index < -0.39 is 0 Å². The lowest BCUT2D eigenvalue weighted by Gasteiger charge is -2.22. The van der Waals surface area contributed by atoms with E-state index in [-0.39, 0.29) is 0 Å². The van der Waals surface area contributed by atoms with E-state index in [0.717, 1.165) is 29.9 Å². The number of imidazole rings is 1. The van der Waals surface area contributed by atoms with Crippen molar-refractivity contribution in [1.82, 2.24) is 19.7 Å². The Balaban J connectivity index is 1.72. The topological polar surface area (TPSA) is 49.7 Å². The molecule has 0 amide bonds. The third kappa shape index (κ3) is 1.78. The second-order valence-electron chi connectivity index (χ2n) is 5.38. The molecule has 1 fully saturated rings. The van der Waals surface area contributed by atoms with E-state index >= 15 is 0 Å². The average Bonchev–Trinajstić information content (AvgIpc) is 3.15. The minimum atomic E-state index is 0.379. The molecule has 4 rings (SSSR count). The standard InChI is InChI=1S/C15H17N5/c1-19-10-11(9-16-19)14-7-4-8-20(14)15-17-12-5-2-3-6-13(12)18-15/h2-3,5-6,9-10,14H,4,7-8H2,1H3,(H,17,18). The van der Waals surface area contributed by atoms with Gasteiger partial charge in [0.05, 0.1) is 23.3 Å².